The van der Waals surface area contributed by atoms with Gasteiger partial charge in [0.25, 0.3) is 0 Å². The lowest BCUT2D eigenvalue weighted by molar-refractivity contribution is -0.194. The van der Waals surface area contributed by atoms with E-state index in [0.717, 1.165) is 0 Å². The molecular weight excluding hydrogens is 128 g/mol. The first-order valence-electron chi connectivity index (χ1n) is 3.79. The molecule has 10 heavy (non-hydrogen) atoms. The fourth-order valence-electron chi connectivity index (χ4n) is 1.97. The summed E-state index contributed by atoms with van der Waals surface area (Å²) in [6, 6.07) is 0. The molecule has 6 aliphatic heterocycles. The molecule has 4 nitrogen and oxygen atoms in total. The zero-order valence-corrected chi connectivity index (χ0v) is 6.03. The quantitative estimate of drug-likeness (QED) is 0.427. The summed E-state index contributed by atoms with van der Waals surface area (Å²) in [5.41, 5.74) is 0. The smallest absolute Gasteiger partial charge is 0.0555 e. The van der Waals surface area contributed by atoms with E-state index in [1.165, 1.54) is 40.0 Å². The van der Waals surface area contributed by atoms with Gasteiger partial charge in [-0.1, -0.05) is 0 Å². The molecule has 6 rings (SSSR count). The van der Waals surface area contributed by atoms with Crippen molar-refractivity contribution in [2.75, 3.05) is 40.0 Å². The molecule has 0 saturated carbocycles. The first kappa shape index (κ1) is 5.49. The average Bonchev–Trinajstić information content (AvgIpc) is 1.46. The first-order valence-corrected chi connectivity index (χ1v) is 3.79. The van der Waals surface area contributed by atoms with Crippen LogP contribution in [0.4, 0.5) is 0 Å². The molecule has 6 saturated heterocycles. The highest BCUT2D eigenvalue weighted by molar-refractivity contribution is 4.79. The molecule has 0 atom stereocenters. The molecule has 0 aliphatic carbocycles. The minimum atomic E-state index is 1.19. The van der Waals surface area contributed by atoms with Crippen molar-refractivity contribution >= 4 is 0 Å². The molecule has 0 N–H and O–H groups in total. The van der Waals surface area contributed by atoms with Crippen LogP contribution in [-0.2, 0) is 0 Å². The van der Waals surface area contributed by atoms with Crippen LogP contribution in [0.2, 0.25) is 0 Å². The molecule has 0 radical (unpaired) electrons. The Morgan fingerprint density at radius 2 is 0.600 bits per heavy atom. The van der Waals surface area contributed by atoms with Gasteiger partial charge in [-0.25, -0.2) is 0 Å². The second-order valence-electron chi connectivity index (χ2n) is 3.53. The summed E-state index contributed by atoms with van der Waals surface area (Å²) in [6.07, 6.45) is 0. The van der Waals surface area contributed by atoms with Gasteiger partial charge in [0.1, 0.15) is 0 Å². The fourth-order valence-corrected chi connectivity index (χ4v) is 1.97. The minimum Gasteiger partial charge on any atom is -0.264 e. The van der Waals surface area contributed by atoms with E-state index >= 15 is 0 Å². The summed E-state index contributed by atoms with van der Waals surface area (Å²) in [5, 5.41) is 0. The maximum atomic E-state index is 2.47. The van der Waals surface area contributed by atoms with Crippen molar-refractivity contribution in [2.45, 2.75) is 0 Å². The third kappa shape index (κ3) is 0.645. The molecule has 0 aromatic carbocycles. The number of hydrogen-bond donors (Lipinski definition) is 0. The molecule has 0 spiro atoms. The Balaban J connectivity index is 1.74. The third-order valence-corrected chi connectivity index (χ3v) is 2.40. The Hall–Kier alpha value is -0.160. The van der Waals surface area contributed by atoms with Crippen LogP contribution in [0.1, 0.15) is 0 Å². The van der Waals surface area contributed by atoms with E-state index in [0.29, 0.717) is 0 Å². The van der Waals surface area contributed by atoms with Gasteiger partial charge in [0.05, 0.1) is 40.0 Å². The van der Waals surface area contributed by atoms with Crippen LogP contribution < -0.4 is 0 Å². The topological polar surface area (TPSA) is 13.0 Å². The fraction of sp³-hybridized carbons (Fsp3) is 1.00. The van der Waals surface area contributed by atoms with E-state index < -0.39 is 0 Å². The molecule has 6 fully saturated rings. The highest BCUT2D eigenvalue weighted by Gasteiger charge is 2.36. The largest absolute Gasteiger partial charge is 0.264 e. The molecule has 0 aromatic rings. The summed E-state index contributed by atoms with van der Waals surface area (Å²) in [7, 11) is 0. The number of hydrogen-bond acceptors (Lipinski definition) is 4. The molecule has 4 bridgehead atoms. The van der Waals surface area contributed by atoms with Crippen molar-refractivity contribution in [1.82, 2.24) is 19.6 Å². The Bertz CT molecular complexity index is 118. The Morgan fingerprint density at radius 3 is 0.800 bits per heavy atom. The van der Waals surface area contributed by atoms with Gasteiger partial charge in [-0.15, -0.1) is 0 Å². The van der Waals surface area contributed by atoms with E-state index in [1.54, 1.807) is 0 Å². The van der Waals surface area contributed by atoms with Crippen LogP contribution >= 0.6 is 0 Å². The van der Waals surface area contributed by atoms with E-state index in [9.17, 15) is 0 Å². The first-order chi connectivity index (χ1) is 4.90. The molecule has 0 aromatic heterocycles. The van der Waals surface area contributed by atoms with Crippen molar-refractivity contribution in [3.63, 3.8) is 0 Å². The highest BCUT2D eigenvalue weighted by Crippen LogP contribution is 2.20. The number of nitrogens with zero attached hydrogens (tertiary/aromatic N) is 4. The third-order valence-electron chi connectivity index (χ3n) is 2.40. The molecule has 6 heterocycles. The molecule has 6 aliphatic rings. The van der Waals surface area contributed by atoms with Crippen LogP contribution in [0.25, 0.3) is 0 Å². The molecule has 56 valence electrons. The maximum Gasteiger partial charge on any atom is 0.0555 e. The van der Waals surface area contributed by atoms with Gasteiger partial charge in [-0.2, -0.15) is 0 Å². The normalized spacial score (nSPS) is 57.6. The van der Waals surface area contributed by atoms with Crippen molar-refractivity contribution in [2.24, 2.45) is 0 Å². The zero-order chi connectivity index (χ0) is 6.55. The van der Waals surface area contributed by atoms with Crippen LogP contribution in [0.15, 0.2) is 0 Å². The zero-order valence-electron chi connectivity index (χ0n) is 6.03. The van der Waals surface area contributed by atoms with Gasteiger partial charge in [0.2, 0.25) is 0 Å². The lowest BCUT2D eigenvalue weighted by Gasteiger charge is -2.56. The van der Waals surface area contributed by atoms with Crippen molar-refractivity contribution < 1.29 is 0 Å². The monoisotopic (exact) mass is 140 g/mol. The van der Waals surface area contributed by atoms with Crippen LogP contribution in [-0.4, -0.2) is 59.6 Å². The highest BCUT2D eigenvalue weighted by atomic mass is 15.7. The Morgan fingerprint density at radius 1 is 0.400 bits per heavy atom. The van der Waals surface area contributed by atoms with Gasteiger partial charge < -0.3 is 0 Å². The van der Waals surface area contributed by atoms with Crippen molar-refractivity contribution in [3.05, 3.63) is 0 Å². The maximum absolute atomic E-state index is 2.47. The minimum absolute atomic E-state index is 1.19. The predicted octanol–water partition coefficient (Wildman–Crippen LogP) is -1.02. The van der Waals surface area contributed by atoms with Gasteiger partial charge >= 0.3 is 0 Å². The van der Waals surface area contributed by atoms with E-state index in [1.807, 2.05) is 0 Å². The summed E-state index contributed by atoms with van der Waals surface area (Å²) < 4.78 is 0. The second-order valence-corrected chi connectivity index (χ2v) is 3.53. The molecule has 0 unspecified atom stereocenters. The predicted molar refractivity (Wildman–Crippen MR) is 36.6 cm³/mol. The Labute approximate surface area is 60.6 Å². The van der Waals surface area contributed by atoms with E-state index in [4.69, 9.17) is 0 Å². The van der Waals surface area contributed by atoms with Gasteiger partial charge in [0, 0.05) is 0 Å². The standard InChI is InChI=1S/C6H12N4/c1-7-2-8(1)6-10-3-9(4-10)5-7/h1-6H2. The van der Waals surface area contributed by atoms with Crippen molar-refractivity contribution in [1.29, 1.82) is 0 Å². The molecule has 4 heteroatoms. The van der Waals surface area contributed by atoms with Gasteiger partial charge in [0.15, 0.2) is 0 Å². The van der Waals surface area contributed by atoms with E-state index in [-0.39, 0.29) is 0 Å². The average molecular weight is 140 g/mol. The SMILES string of the molecule is C1N2CN1CN1CN(C1)C2. The van der Waals surface area contributed by atoms with E-state index in [2.05, 4.69) is 19.6 Å². The Kier molecular flexibility index (Phi) is 0.936. The number of rotatable bonds is 0. The van der Waals surface area contributed by atoms with Crippen LogP contribution in [0, 0.1) is 0 Å². The summed E-state index contributed by atoms with van der Waals surface area (Å²) in [6.45, 7) is 7.12. The van der Waals surface area contributed by atoms with Crippen molar-refractivity contribution in [3.8, 4) is 0 Å². The van der Waals surface area contributed by atoms with Gasteiger partial charge in [-0.05, 0) is 0 Å². The lowest BCUT2D eigenvalue weighted by atomic mass is 10.4. The molecule has 0 amide bonds. The summed E-state index contributed by atoms with van der Waals surface area (Å²) in [4.78, 5) is 9.88. The van der Waals surface area contributed by atoms with Crippen LogP contribution in [0.3, 0.4) is 0 Å². The summed E-state index contributed by atoms with van der Waals surface area (Å²) in [5.74, 6) is 0. The molecular formula is C6H12N4. The summed E-state index contributed by atoms with van der Waals surface area (Å²) >= 11 is 0. The second kappa shape index (κ2) is 1.71. The van der Waals surface area contributed by atoms with Gasteiger partial charge in [-0.3, -0.25) is 19.6 Å². The lowest BCUT2D eigenvalue weighted by Crippen LogP contribution is -2.71. The van der Waals surface area contributed by atoms with Crippen LogP contribution in [0.5, 0.6) is 0 Å².